The summed E-state index contributed by atoms with van der Waals surface area (Å²) in [5.41, 5.74) is -0.690. The fraction of sp³-hybridized carbons (Fsp3) is 0.952. The minimum atomic E-state index is -1.90. The van der Waals surface area contributed by atoms with E-state index in [4.69, 9.17) is 4.43 Å². The van der Waals surface area contributed by atoms with Crippen molar-refractivity contribution >= 4 is 14.1 Å². The van der Waals surface area contributed by atoms with Gasteiger partial charge in [0.2, 0.25) is 0 Å². The highest BCUT2D eigenvalue weighted by Crippen LogP contribution is 2.71. The van der Waals surface area contributed by atoms with Crippen molar-refractivity contribution in [1.82, 2.24) is 0 Å². The van der Waals surface area contributed by atoms with Crippen LogP contribution in [0.25, 0.3) is 0 Å². The predicted molar refractivity (Wildman–Crippen MR) is 104 cm³/mol. The lowest BCUT2D eigenvalue weighted by Crippen LogP contribution is -2.53. The lowest BCUT2D eigenvalue weighted by Gasteiger charge is -2.48. The maximum atomic E-state index is 13.5. The number of rotatable bonds is 3. The molecule has 0 aromatic rings. The van der Waals surface area contributed by atoms with E-state index in [1.807, 2.05) is 0 Å². The fourth-order valence-corrected chi connectivity index (χ4v) is 7.15. The minimum absolute atomic E-state index is 0.0149. The van der Waals surface area contributed by atoms with Gasteiger partial charge in [-0.1, -0.05) is 41.5 Å². The summed E-state index contributed by atoms with van der Waals surface area (Å²) in [6.45, 7) is 18.1. The summed E-state index contributed by atoms with van der Waals surface area (Å²) in [6, 6.07) is 0. The smallest absolute Gasteiger partial charge is 0.192 e. The van der Waals surface area contributed by atoms with E-state index in [0.717, 1.165) is 25.7 Å². The second-order valence-corrected chi connectivity index (χ2v) is 16.1. The van der Waals surface area contributed by atoms with E-state index >= 15 is 0 Å². The first kappa shape index (κ1) is 19.6. The molecule has 3 aliphatic rings. The normalized spacial score (nSPS) is 43.4. The van der Waals surface area contributed by atoms with Crippen molar-refractivity contribution in [1.29, 1.82) is 0 Å². The van der Waals surface area contributed by atoms with Gasteiger partial charge in [-0.3, -0.25) is 4.79 Å². The molecule has 0 unspecified atom stereocenters. The van der Waals surface area contributed by atoms with E-state index in [1.165, 1.54) is 0 Å². The molecule has 3 fully saturated rings. The van der Waals surface area contributed by atoms with Crippen molar-refractivity contribution in [3.8, 4) is 0 Å². The Kier molecular flexibility index (Phi) is 4.24. The van der Waals surface area contributed by atoms with Crippen molar-refractivity contribution in [2.45, 2.75) is 91.5 Å². The molecule has 0 saturated heterocycles. The lowest BCUT2D eigenvalue weighted by atomic mass is 9.61. The van der Waals surface area contributed by atoms with E-state index in [-0.39, 0.29) is 34.5 Å². The molecule has 3 nitrogen and oxygen atoms in total. The molecule has 0 aromatic heterocycles. The molecular formula is C21H38O3Si. The maximum absolute atomic E-state index is 13.5. The van der Waals surface area contributed by atoms with Gasteiger partial charge in [0.15, 0.2) is 8.32 Å². The molecule has 0 radical (unpaired) electrons. The van der Waals surface area contributed by atoms with Crippen molar-refractivity contribution in [2.24, 2.45) is 28.1 Å². The second kappa shape index (κ2) is 5.42. The summed E-state index contributed by atoms with van der Waals surface area (Å²) in [5, 5.41) is 10.6. The van der Waals surface area contributed by atoms with Crippen LogP contribution in [0.4, 0.5) is 0 Å². The molecule has 0 heterocycles. The SMILES string of the molecule is CC1(C)[C@@H]2C(=O)[C@]3(CO)CC[C@@H](O[Si](C)(C)C(C)(C)C)[C@]3(C)CC[C@@H]21. The van der Waals surface area contributed by atoms with Crippen LogP contribution in [-0.4, -0.2) is 31.9 Å². The molecule has 0 bridgehead atoms. The summed E-state index contributed by atoms with van der Waals surface area (Å²) in [7, 11) is -1.90. The molecular weight excluding hydrogens is 328 g/mol. The first-order chi connectivity index (χ1) is 11.2. The van der Waals surface area contributed by atoms with Crippen LogP contribution < -0.4 is 0 Å². The second-order valence-electron chi connectivity index (χ2n) is 11.4. The first-order valence-electron chi connectivity index (χ1n) is 10.1. The van der Waals surface area contributed by atoms with Crippen LogP contribution >= 0.6 is 0 Å². The number of ketones is 1. The fourth-order valence-electron chi connectivity index (χ4n) is 5.71. The van der Waals surface area contributed by atoms with Crippen LogP contribution in [0.5, 0.6) is 0 Å². The van der Waals surface area contributed by atoms with Gasteiger partial charge in [0.25, 0.3) is 0 Å². The molecule has 3 aliphatic carbocycles. The molecule has 0 aliphatic heterocycles. The number of fused-ring (bicyclic) bond motifs is 2. The van der Waals surface area contributed by atoms with Crippen molar-refractivity contribution in [2.75, 3.05) is 6.61 Å². The van der Waals surface area contributed by atoms with Crippen molar-refractivity contribution < 1.29 is 14.3 Å². The van der Waals surface area contributed by atoms with Crippen LogP contribution in [0.3, 0.4) is 0 Å². The standard InChI is InChI=1S/C21H38O3Si/c1-18(2,3)25(7,8)24-15-10-12-21(13-22)17(23)16-14(19(16,4)5)9-11-20(15,21)6/h14-16,22H,9-13H2,1-8H3/t14-,15+,16-,20-,21+/m0/s1. The Morgan fingerprint density at radius 2 is 1.76 bits per heavy atom. The summed E-state index contributed by atoms with van der Waals surface area (Å²) in [5.74, 6) is 0.985. The Balaban J connectivity index is 1.94. The molecule has 0 spiro atoms. The quantitative estimate of drug-likeness (QED) is 0.730. The third kappa shape index (κ3) is 2.46. The van der Waals surface area contributed by atoms with Gasteiger partial charge in [-0.05, 0) is 55.1 Å². The van der Waals surface area contributed by atoms with Gasteiger partial charge in [-0.15, -0.1) is 0 Å². The van der Waals surface area contributed by atoms with Gasteiger partial charge in [0, 0.05) is 11.3 Å². The van der Waals surface area contributed by atoms with Crippen LogP contribution in [0.15, 0.2) is 0 Å². The van der Waals surface area contributed by atoms with E-state index in [9.17, 15) is 9.90 Å². The number of carbonyl (C=O) groups excluding carboxylic acids is 1. The van der Waals surface area contributed by atoms with E-state index < -0.39 is 13.7 Å². The summed E-state index contributed by atoms with van der Waals surface area (Å²) in [4.78, 5) is 13.5. The third-order valence-corrected chi connectivity index (χ3v) is 13.4. The predicted octanol–water partition coefficient (Wildman–Crippen LogP) is 4.79. The Morgan fingerprint density at radius 1 is 1.16 bits per heavy atom. The molecule has 3 rings (SSSR count). The summed E-state index contributed by atoms with van der Waals surface area (Å²) >= 11 is 0. The lowest BCUT2D eigenvalue weighted by molar-refractivity contribution is -0.143. The molecule has 3 saturated carbocycles. The molecule has 144 valence electrons. The van der Waals surface area contributed by atoms with Gasteiger partial charge in [0.1, 0.15) is 5.78 Å². The molecule has 0 amide bonds. The van der Waals surface area contributed by atoms with Crippen LogP contribution in [0.2, 0.25) is 18.1 Å². The van der Waals surface area contributed by atoms with Crippen molar-refractivity contribution in [3.63, 3.8) is 0 Å². The van der Waals surface area contributed by atoms with E-state index in [1.54, 1.807) is 0 Å². The largest absolute Gasteiger partial charge is 0.413 e. The molecule has 0 aromatic carbocycles. The van der Waals surface area contributed by atoms with Crippen LogP contribution in [0, 0.1) is 28.1 Å². The highest BCUT2D eigenvalue weighted by atomic mass is 28.4. The Labute approximate surface area is 155 Å². The first-order valence-corrected chi connectivity index (χ1v) is 13.0. The van der Waals surface area contributed by atoms with Crippen LogP contribution in [0.1, 0.15) is 67.2 Å². The number of aliphatic hydroxyl groups is 1. The monoisotopic (exact) mass is 366 g/mol. The van der Waals surface area contributed by atoms with Gasteiger partial charge in [-0.25, -0.2) is 0 Å². The topological polar surface area (TPSA) is 46.5 Å². The van der Waals surface area contributed by atoms with Gasteiger partial charge >= 0.3 is 0 Å². The zero-order valence-electron chi connectivity index (χ0n) is 17.5. The summed E-state index contributed by atoms with van der Waals surface area (Å²) in [6.07, 6.45) is 3.90. The molecule has 1 N–H and O–H groups in total. The molecule has 25 heavy (non-hydrogen) atoms. The minimum Gasteiger partial charge on any atom is -0.413 e. The van der Waals surface area contributed by atoms with Crippen LogP contribution in [-0.2, 0) is 9.22 Å². The molecule has 4 heteroatoms. The van der Waals surface area contributed by atoms with E-state index in [0.29, 0.717) is 11.7 Å². The average molecular weight is 367 g/mol. The Bertz CT molecular complexity index is 576. The van der Waals surface area contributed by atoms with Gasteiger partial charge in [0.05, 0.1) is 18.1 Å². The van der Waals surface area contributed by atoms with Gasteiger partial charge in [-0.2, -0.15) is 0 Å². The number of aliphatic hydroxyl groups excluding tert-OH is 1. The Morgan fingerprint density at radius 3 is 2.28 bits per heavy atom. The number of hydrogen-bond acceptors (Lipinski definition) is 3. The zero-order valence-corrected chi connectivity index (χ0v) is 18.5. The van der Waals surface area contributed by atoms with Crippen molar-refractivity contribution in [3.05, 3.63) is 0 Å². The number of carbonyl (C=O) groups is 1. The highest BCUT2D eigenvalue weighted by molar-refractivity contribution is 6.74. The average Bonchev–Trinajstić information content (AvgIpc) is 2.94. The van der Waals surface area contributed by atoms with Gasteiger partial charge < -0.3 is 9.53 Å². The van der Waals surface area contributed by atoms with E-state index in [2.05, 4.69) is 54.6 Å². The number of hydrogen-bond donors (Lipinski definition) is 1. The number of Topliss-reactive ketones (excluding diaryl/α,β-unsaturated/α-hetero) is 1. The third-order valence-electron chi connectivity index (χ3n) is 8.93. The molecule has 5 atom stereocenters. The highest BCUT2D eigenvalue weighted by Gasteiger charge is 2.72. The zero-order chi connectivity index (χ0) is 19.1. The maximum Gasteiger partial charge on any atom is 0.192 e. The Hall–Kier alpha value is -0.193. The summed E-state index contributed by atoms with van der Waals surface area (Å²) < 4.78 is 6.84.